The van der Waals surface area contributed by atoms with Crippen LogP contribution in [0.4, 0.5) is 11.4 Å². The molecule has 106 valence electrons. The first-order valence-electron chi connectivity index (χ1n) is 7.13. The van der Waals surface area contributed by atoms with Gasteiger partial charge in [-0.15, -0.1) is 0 Å². The molecule has 0 saturated carbocycles. The third kappa shape index (κ3) is 2.71. The molecule has 0 bridgehead atoms. The predicted octanol–water partition coefficient (Wildman–Crippen LogP) is 2.59. The summed E-state index contributed by atoms with van der Waals surface area (Å²) in [5.41, 5.74) is 9.98. The van der Waals surface area contributed by atoms with Crippen LogP contribution < -0.4 is 15.5 Å². The lowest BCUT2D eigenvalue weighted by molar-refractivity contribution is 0.561. The third-order valence-corrected chi connectivity index (χ3v) is 4.16. The fourth-order valence-corrected chi connectivity index (χ4v) is 2.81. The SMILES string of the molecule is CN1CC(CCN)N(C)c2cc(C(C)(C)C)ccc21. The van der Waals surface area contributed by atoms with Crippen LogP contribution in [0.3, 0.4) is 0 Å². The number of nitrogens with zero attached hydrogens (tertiary/aromatic N) is 2. The Morgan fingerprint density at radius 2 is 1.89 bits per heavy atom. The molecule has 2 N–H and O–H groups in total. The second kappa shape index (κ2) is 5.04. The maximum Gasteiger partial charge on any atom is 0.0607 e. The van der Waals surface area contributed by atoms with Gasteiger partial charge in [0, 0.05) is 26.7 Å². The molecule has 3 heteroatoms. The maximum absolute atomic E-state index is 5.74. The molecule has 0 fully saturated rings. The summed E-state index contributed by atoms with van der Waals surface area (Å²) in [4.78, 5) is 4.75. The number of fused-ring (bicyclic) bond motifs is 1. The molecule has 1 heterocycles. The normalized spacial score (nSPS) is 19.6. The number of likely N-dealkylation sites (N-methyl/N-ethyl adjacent to an activating group) is 2. The lowest BCUT2D eigenvalue weighted by atomic mass is 9.86. The Balaban J connectivity index is 2.41. The summed E-state index contributed by atoms with van der Waals surface area (Å²) in [6.45, 7) is 8.59. The molecule has 0 amide bonds. The molecule has 0 aromatic heterocycles. The van der Waals surface area contributed by atoms with Gasteiger partial charge in [0.1, 0.15) is 0 Å². The Hall–Kier alpha value is -1.22. The van der Waals surface area contributed by atoms with Gasteiger partial charge >= 0.3 is 0 Å². The van der Waals surface area contributed by atoms with Crippen LogP contribution in [0.1, 0.15) is 32.8 Å². The molecule has 1 atom stereocenters. The maximum atomic E-state index is 5.74. The quantitative estimate of drug-likeness (QED) is 0.888. The van der Waals surface area contributed by atoms with Crippen molar-refractivity contribution in [2.24, 2.45) is 5.73 Å². The molecule has 19 heavy (non-hydrogen) atoms. The molecular formula is C16H27N3. The number of rotatable bonds is 2. The van der Waals surface area contributed by atoms with E-state index in [0.717, 1.165) is 19.5 Å². The molecule has 2 rings (SSSR count). The smallest absolute Gasteiger partial charge is 0.0607 e. The fraction of sp³-hybridized carbons (Fsp3) is 0.625. The minimum Gasteiger partial charge on any atom is -0.371 e. The van der Waals surface area contributed by atoms with Gasteiger partial charge < -0.3 is 15.5 Å². The van der Waals surface area contributed by atoms with Gasteiger partial charge in [-0.05, 0) is 36.1 Å². The lowest BCUT2D eigenvalue weighted by Gasteiger charge is -2.42. The highest BCUT2D eigenvalue weighted by molar-refractivity contribution is 5.74. The Kier molecular flexibility index (Phi) is 3.77. The average molecular weight is 261 g/mol. The summed E-state index contributed by atoms with van der Waals surface area (Å²) in [7, 11) is 4.37. The van der Waals surface area contributed by atoms with Gasteiger partial charge in [-0.1, -0.05) is 26.8 Å². The number of nitrogens with two attached hydrogens (primary N) is 1. The van der Waals surface area contributed by atoms with E-state index in [2.05, 4.69) is 62.9 Å². The zero-order chi connectivity index (χ0) is 14.2. The predicted molar refractivity (Wildman–Crippen MR) is 84.3 cm³/mol. The van der Waals surface area contributed by atoms with Gasteiger partial charge in [0.15, 0.2) is 0 Å². The molecule has 1 aliphatic heterocycles. The molecule has 1 aromatic carbocycles. The third-order valence-electron chi connectivity index (χ3n) is 4.16. The van der Waals surface area contributed by atoms with Crippen LogP contribution >= 0.6 is 0 Å². The number of hydrogen-bond donors (Lipinski definition) is 1. The molecule has 0 radical (unpaired) electrons. The molecule has 0 aliphatic carbocycles. The van der Waals surface area contributed by atoms with Crippen molar-refractivity contribution in [3.63, 3.8) is 0 Å². The Bertz CT molecular complexity index is 448. The van der Waals surface area contributed by atoms with Gasteiger partial charge in [0.2, 0.25) is 0 Å². The summed E-state index contributed by atoms with van der Waals surface area (Å²) in [6, 6.07) is 7.36. The van der Waals surface area contributed by atoms with E-state index in [1.165, 1.54) is 16.9 Å². The largest absolute Gasteiger partial charge is 0.371 e. The monoisotopic (exact) mass is 261 g/mol. The first kappa shape index (κ1) is 14.2. The van der Waals surface area contributed by atoms with Crippen LogP contribution in [0.25, 0.3) is 0 Å². The van der Waals surface area contributed by atoms with Gasteiger partial charge in [0.05, 0.1) is 11.4 Å². The van der Waals surface area contributed by atoms with Gasteiger partial charge in [-0.2, -0.15) is 0 Å². The summed E-state index contributed by atoms with van der Waals surface area (Å²) < 4.78 is 0. The van der Waals surface area contributed by atoms with E-state index in [1.807, 2.05) is 0 Å². The molecule has 1 aliphatic rings. The average Bonchev–Trinajstić information content (AvgIpc) is 2.34. The summed E-state index contributed by atoms with van der Waals surface area (Å²) >= 11 is 0. The van der Waals surface area contributed by atoms with E-state index in [1.54, 1.807) is 0 Å². The number of hydrogen-bond acceptors (Lipinski definition) is 3. The van der Waals surface area contributed by atoms with Crippen molar-refractivity contribution in [3.05, 3.63) is 23.8 Å². The Labute approximate surface area is 117 Å². The van der Waals surface area contributed by atoms with Crippen molar-refractivity contribution < 1.29 is 0 Å². The minimum atomic E-state index is 0.190. The van der Waals surface area contributed by atoms with Crippen LogP contribution in [0.5, 0.6) is 0 Å². The van der Waals surface area contributed by atoms with Crippen molar-refractivity contribution in [3.8, 4) is 0 Å². The number of benzene rings is 1. The van der Waals surface area contributed by atoms with Crippen LogP contribution in [0.2, 0.25) is 0 Å². The second-order valence-corrected chi connectivity index (χ2v) is 6.68. The van der Waals surface area contributed by atoms with E-state index in [9.17, 15) is 0 Å². The first-order valence-corrected chi connectivity index (χ1v) is 7.13. The minimum absolute atomic E-state index is 0.190. The van der Waals surface area contributed by atoms with E-state index in [4.69, 9.17) is 5.73 Å². The fourth-order valence-electron chi connectivity index (χ4n) is 2.81. The zero-order valence-electron chi connectivity index (χ0n) is 12.9. The molecular weight excluding hydrogens is 234 g/mol. The summed E-state index contributed by atoms with van der Waals surface area (Å²) in [5, 5.41) is 0. The summed E-state index contributed by atoms with van der Waals surface area (Å²) in [6.07, 6.45) is 1.04. The number of anilines is 2. The highest BCUT2D eigenvalue weighted by atomic mass is 15.3. The first-order chi connectivity index (χ1) is 8.84. The van der Waals surface area contributed by atoms with Gasteiger partial charge in [0.25, 0.3) is 0 Å². The van der Waals surface area contributed by atoms with Gasteiger partial charge in [-0.25, -0.2) is 0 Å². The van der Waals surface area contributed by atoms with Crippen molar-refractivity contribution in [1.29, 1.82) is 0 Å². The molecule has 0 saturated heterocycles. The van der Waals surface area contributed by atoms with Crippen molar-refractivity contribution >= 4 is 11.4 Å². The van der Waals surface area contributed by atoms with Crippen molar-refractivity contribution in [2.45, 2.75) is 38.6 Å². The molecule has 3 nitrogen and oxygen atoms in total. The van der Waals surface area contributed by atoms with Crippen LogP contribution in [-0.4, -0.2) is 33.2 Å². The Morgan fingerprint density at radius 3 is 2.47 bits per heavy atom. The highest BCUT2D eigenvalue weighted by Crippen LogP contribution is 2.37. The van der Waals surface area contributed by atoms with E-state index in [0.29, 0.717) is 6.04 Å². The standard InChI is InChI=1S/C16H27N3/c1-16(2,3)12-6-7-14-15(10-12)19(5)13(8-9-17)11-18(14)4/h6-7,10,13H,8-9,11,17H2,1-5H3. The van der Waals surface area contributed by atoms with E-state index >= 15 is 0 Å². The van der Waals surface area contributed by atoms with Crippen molar-refractivity contribution in [2.75, 3.05) is 37.0 Å². The second-order valence-electron chi connectivity index (χ2n) is 6.68. The van der Waals surface area contributed by atoms with Crippen LogP contribution in [0, 0.1) is 0 Å². The topological polar surface area (TPSA) is 32.5 Å². The lowest BCUT2D eigenvalue weighted by Crippen LogP contribution is -2.46. The van der Waals surface area contributed by atoms with Crippen LogP contribution in [-0.2, 0) is 5.41 Å². The van der Waals surface area contributed by atoms with Crippen molar-refractivity contribution in [1.82, 2.24) is 0 Å². The van der Waals surface area contributed by atoms with Crippen LogP contribution in [0.15, 0.2) is 18.2 Å². The van der Waals surface area contributed by atoms with E-state index in [-0.39, 0.29) is 5.41 Å². The zero-order valence-corrected chi connectivity index (χ0v) is 12.9. The molecule has 1 aromatic rings. The van der Waals surface area contributed by atoms with E-state index < -0.39 is 0 Å². The van der Waals surface area contributed by atoms with Gasteiger partial charge in [-0.3, -0.25) is 0 Å². The molecule has 1 unspecified atom stereocenters. The molecule has 0 spiro atoms. The Morgan fingerprint density at radius 1 is 1.21 bits per heavy atom. The highest BCUT2D eigenvalue weighted by Gasteiger charge is 2.27. The summed E-state index contributed by atoms with van der Waals surface area (Å²) in [5.74, 6) is 0.